The van der Waals surface area contributed by atoms with Crippen molar-refractivity contribution in [3.8, 4) is 0 Å². The quantitative estimate of drug-likeness (QED) is 0.667. The van der Waals surface area contributed by atoms with E-state index >= 15 is 0 Å². The molecule has 2 N–H and O–H groups in total. The summed E-state index contributed by atoms with van der Waals surface area (Å²) in [5, 5.41) is 5.70. The number of carbonyl (C=O) groups is 3. The summed E-state index contributed by atoms with van der Waals surface area (Å²) in [6.45, 7) is 0.325. The molecule has 1 aliphatic rings. The summed E-state index contributed by atoms with van der Waals surface area (Å²) < 4.78 is 0. The number of hydrogen-bond donors (Lipinski definition) is 2. The molecule has 1 aromatic heterocycles. The van der Waals surface area contributed by atoms with E-state index in [1.165, 1.54) is 4.90 Å². The number of aromatic nitrogens is 1. The van der Waals surface area contributed by atoms with Gasteiger partial charge in [-0.15, -0.1) is 0 Å². The first-order chi connectivity index (χ1) is 14.6. The van der Waals surface area contributed by atoms with Gasteiger partial charge in [0.25, 0.3) is 0 Å². The molecule has 1 aromatic carbocycles. The van der Waals surface area contributed by atoms with E-state index in [1.54, 1.807) is 24.4 Å². The van der Waals surface area contributed by atoms with Gasteiger partial charge in [-0.1, -0.05) is 49.2 Å². The van der Waals surface area contributed by atoms with Crippen LogP contribution in [-0.2, 0) is 20.9 Å². The molecule has 7 nitrogen and oxygen atoms in total. The Morgan fingerprint density at radius 3 is 2.37 bits per heavy atom. The molecule has 1 saturated carbocycles. The largest absolute Gasteiger partial charge is 0.352 e. The van der Waals surface area contributed by atoms with E-state index in [9.17, 15) is 14.4 Å². The summed E-state index contributed by atoms with van der Waals surface area (Å²) in [4.78, 5) is 43.0. The van der Waals surface area contributed by atoms with Crippen molar-refractivity contribution >= 4 is 23.5 Å². The molecule has 0 spiro atoms. The molecule has 0 radical (unpaired) electrons. The molecule has 3 amide bonds. The minimum atomic E-state index is -0.280. The van der Waals surface area contributed by atoms with E-state index in [1.807, 2.05) is 30.3 Å². The van der Waals surface area contributed by atoms with Crippen LogP contribution < -0.4 is 10.6 Å². The number of carbonyl (C=O) groups excluding carboxylic acids is 3. The first-order valence-electron chi connectivity index (χ1n) is 10.4. The molecule has 3 rings (SSSR count). The molecule has 0 aliphatic heterocycles. The fourth-order valence-electron chi connectivity index (χ4n) is 3.57. The molecule has 7 heteroatoms. The smallest absolute Gasteiger partial charge is 0.239 e. The number of rotatable bonds is 9. The highest BCUT2D eigenvalue weighted by Crippen LogP contribution is 2.17. The minimum Gasteiger partial charge on any atom is -0.352 e. The lowest BCUT2D eigenvalue weighted by Crippen LogP contribution is -2.43. The summed E-state index contributed by atoms with van der Waals surface area (Å²) in [5.41, 5.74) is 0.942. The third kappa shape index (κ3) is 6.99. The molecule has 1 aliphatic carbocycles. The maximum atomic E-state index is 12.8. The molecule has 0 atom stereocenters. The van der Waals surface area contributed by atoms with Gasteiger partial charge < -0.3 is 15.5 Å². The van der Waals surface area contributed by atoms with Crippen molar-refractivity contribution in [2.24, 2.45) is 0 Å². The number of anilines is 1. The van der Waals surface area contributed by atoms with Gasteiger partial charge in [0.05, 0.1) is 6.54 Å². The second-order valence-electron chi connectivity index (χ2n) is 7.55. The molecule has 30 heavy (non-hydrogen) atoms. The highest BCUT2D eigenvalue weighted by molar-refractivity contribution is 5.93. The molecule has 158 valence electrons. The Kier molecular flexibility index (Phi) is 7.94. The summed E-state index contributed by atoms with van der Waals surface area (Å²) in [5.74, 6) is -0.204. The zero-order valence-electron chi connectivity index (χ0n) is 17.0. The average molecular weight is 409 g/mol. The molecule has 1 heterocycles. The summed E-state index contributed by atoms with van der Waals surface area (Å²) in [7, 11) is 0. The van der Waals surface area contributed by atoms with E-state index in [0.29, 0.717) is 12.4 Å². The predicted octanol–water partition coefficient (Wildman–Crippen LogP) is 2.89. The van der Waals surface area contributed by atoms with Crippen molar-refractivity contribution in [2.75, 3.05) is 11.9 Å². The van der Waals surface area contributed by atoms with Crippen LogP contribution in [0.3, 0.4) is 0 Å². The SMILES string of the molecule is O=C(CCC(=O)N(CC(=O)NC1CCCC1)Cc1ccccc1)Nc1ccccn1. The van der Waals surface area contributed by atoms with Crippen molar-refractivity contribution in [1.82, 2.24) is 15.2 Å². The minimum absolute atomic E-state index is 0.00785. The molecule has 0 unspecified atom stereocenters. The van der Waals surface area contributed by atoms with Gasteiger partial charge in [0, 0.05) is 31.6 Å². The lowest BCUT2D eigenvalue weighted by atomic mass is 10.2. The maximum Gasteiger partial charge on any atom is 0.239 e. The van der Waals surface area contributed by atoms with Gasteiger partial charge in [-0.3, -0.25) is 14.4 Å². The zero-order chi connectivity index (χ0) is 21.2. The van der Waals surface area contributed by atoms with E-state index in [-0.39, 0.29) is 43.1 Å². The maximum absolute atomic E-state index is 12.8. The van der Waals surface area contributed by atoms with Crippen LogP contribution in [0.1, 0.15) is 44.1 Å². The van der Waals surface area contributed by atoms with Crippen LogP contribution in [0, 0.1) is 0 Å². The third-order valence-electron chi connectivity index (χ3n) is 5.12. The third-order valence-corrected chi connectivity index (χ3v) is 5.12. The Balaban J connectivity index is 1.56. The highest BCUT2D eigenvalue weighted by Gasteiger charge is 2.22. The van der Waals surface area contributed by atoms with Crippen LogP contribution in [0.25, 0.3) is 0 Å². The molecule has 0 bridgehead atoms. The molecular weight excluding hydrogens is 380 g/mol. The molecular formula is C23H28N4O3. The second kappa shape index (κ2) is 11.1. The van der Waals surface area contributed by atoms with Crippen molar-refractivity contribution < 1.29 is 14.4 Å². The summed E-state index contributed by atoms with van der Waals surface area (Å²) in [6, 6.07) is 15.0. The summed E-state index contributed by atoms with van der Waals surface area (Å²) >= 11 is 0. The second-order valence-corrected chi connectivity index (χ2v) is 7.55. The van der Waals surface area contributed by atoms with Crippen LogP contribution in [0.15, 0.2) is 54.7 Å². The van der Waals surface area contributed by atoms with Gasteiger partial charge in [0.15, 0.2) is 0 Å². The lowest BCUT2D eigenvalue weighted by Gasteiger charge is -2.23. The molecule has 1 fully saturated rings. The Labute approximate surface area is 176 Å². The Morgan fingerprint density at radius 2 is 1.67 bits per heavy atom. The van der Waals surface area contributed by atoms with Crippen LogP contribution in [-0.4, -0.2) is 40.2 Å². The first-order valence-corrected chi connectivity index (χ1v) is 10.4. The standard InChI is InChI=1S/C23H28N4O3/c28-21(26-20-12-6-7-15-24-20)13-14-23(30)27(16-18-8-2-1-3-9-18)17-22(29)25-19-10-4-5-11-19/h1-3,6-9,12,15,19H,4-5,10-11,13-14,16-17H2,(H,25,29)(H,24,26,28). The van der Waals surface area contributed by atoms with Crippen molar-refractivity contribution in [3.05, 3.63) is 60.3 Å². The van der Waals surface area contributed by atoms with Gasteiger partial charge >= 0.3 is 0 Å². The van der Waals surface area contributed by atoms with Gasteiger partial charge in [0.2, 0.25) is 17.7 Å². The number of pyridine rings is 1. The van der Waals surface area contributed by atoms with E-state index in [0.717, 1.165) is 31.2 Å². The number of benzene rings is 1. The van der Waals surface area contributed by atoms with Crippen LogP contribution in [0.5, 0.6) is 0 Å². The van der Waals surface area contributed by atoms with E-state index in [2.05, 4.69) is 15.6 Å². The van der Waals surface area contributed by atoms with Crippen molar-refractivity contribution in [3.63, 3.8) is 0 Å². The monoisotopic (exact) mass is 408 g/mol. The Morgan fingerprint density at radius 1 is 0.933 bits per heavy atom. The number of nitrogens with zero attached hydrogens (tertiary/aromatic N) is 2. The van der Waals surface area contributed by atoms with Crippen molar-refractivity contribution in [1.29, 1.82) is 0 Å². The fraction of sp³-hybridized carbons (Fsp3) is 0.391. The van der Waals surface area contributed by atoms with Gasteiger partial charge in [-0.2, -0.15) is 0 Å². The van der Waals surface area contributed by atoms with Gasteiger partial charge in [-0.05, 0) is 30.5 Å². The number of hydrogen-bond acceptors (Lipinski definition) is 4. The van der Waals surface area contributed by atoms with Crippen LogP contribution in [0.2, 0.25) is 0 Å². The molecule has 2 aromatic rings. The van der Waals surface area contributed by atoms with Crippen molar-refractivity contribution in [2.45, 2.75) is 51.1 Å². The van der Waals surface area contributed by atoms with E-state index < -0.39 is 0 Å². The number of nitrogens with one attached hydrogen (secondary N) is 2. The lowest BCUT2D eigenvalue weighted by molar-refractivity contribution is -0.137. The summed E-state index contributed by atoms with van der Waals surface area (Å²) in [6.07, 6.45) is 5.89. The Bertz CT molecular complexity index is 836. The first kappa shape index (κ1) is 21.5. The van der Waals surface area contributed by atoms with Crippen LogP contribution in [0.4, 0.5) is 5.82 Å². The highest BCUT2D eigenvalue weighted by atomic mass is 16.2. The Hall–Kier alpha value is -3.22. The van der Waals surface area contributed by atoms with Gasteiger partial charge in [0.1, 0.15) is 5.82 Å². The normalized spacial score (nSPS) is 13.6. The fourth-order valence-corrected chi connectivity index (χ4v) is 3.57. The predicted molar refractivity (Wildman–Crippen MR) is 114 cm³/mol. The molecule has 0 saturated heterocycles. The zero-order valence-corrected chi connectivity index (χ0v) is 17.0. The topological polar surface area (TPSA) is 91.4 Å². The van der Waals surface area contributed by atoms with Crippen LogP contribution >= 0.6 is 0 Å². The van der Waals surface area contributed by atoms with E-state index in [4.69, 9.17) is 0 Å². The number of amides is 3. The van der Waals surface area contributed by atoms with Gasteiger partial charge in [-0.25, -0.2) is 4.98 Å². The average Bonchev–Trinajstić information content (AvgIpc) is 3.26.